The Balaban J connectivity index is 1.71. The highest BCUT2D eigenvalue weighted by Gasteiger charge is 2.39. The summed E-state index contributed by atoms with van der Waals surface area (Å²) in [6.45, 7) is 0. The minimum Gasteiger partial charge on any atom is -0.207 e. The van der Waals surface area contributed by atoms with E-state index in [0.717, 1.165) is 17.3 Å². The summed E-state index contributed by atoms with van der Waals surface area (Å²) in [5.41, 5.74) is 1.06. The van der Waals surface area contributed by atoms with Crippen LogP contribution in [0.2, 0.25) is 5.82 Å². The molecule has 1 radical (unpaired) electrons. The fourth-order valence-corrected chi connectivity index (χ4v) is 3.36. The number of benzene rings is 1. The molecule has 2 saturated carbocycles. The van der Waals surface area contributed by atoms with Crippen molar-refractivity contribution in [1.82, 2.24) is 0 Å². The SMILES string of the molecule is Fc1cccc([B]C2CC3CCC2C3)c1. The highest BCUT2D eigenvalue weighted by atomic mass is 19.1. The van der Waals surface area contributed by atoms with E-state index in [1.165, 1.54) is 31.7 Å². The summed E-state index contributed by atoms with van der Waals surface area (Å²) in [7, 11) is 2.28. The standard InChI is InChI=1S/C13H15BF/c15-12-3-1-2-11(8-12)14-13-7-9-4-5-10(13)6-9/h1-3,8-10,13H,4-7H2. The van der Waals surface area contributed by atoms with Crippen LogP contribution in [0.3, 0.4) is 0 Å². The molecule has 2 fully saturated rings. The van der Waals surface area contributed by atoms with Crippen molar-refractivity contribution in [3.63, 3.8) is 0 Å². The lowest BCUT2D eigenvalue weighted by Gasteiger charge is -2.20. The van der Waals surface area contributed by atoms with E-state index >= 15 is 0 Å². The third-order valence-corrected chi connectivity index (χ3v) is 4.05. The monoisotopic (exact) mass is 201 g/mol. The lowest BCUT2D eigenvalue weighted by Crippen LogP contribution is -2.23. The number of hydrogen-bond donors (Lipinski definition) is 0. The van der Waals surface area contributed by atoms with E-state index in [2.05, 4.69) is 7.28 Å². The molecule has 2 aliphatic rings. The van der Waals surface area contributed by atoms with Gasteiger partial charge in [-0.05, 0) is 30.4 Å². The normalized spacial score (nSPS) is 33.3. The molecule has 2 aliphatic carbocycles. The van der Waals surface area contributed by atoms with Gasteiger partial charge in [0.1, 0.15) is 5.82 Å². The van der Waals surface area contributed by atoms with Crippen LogP contribution in [-0.2, 0) is 0 Å². The van der Waals surface area contributed by atoms with E-state index in [4.69, 9.17) is 0 Å². The van der Waals surface area contributed by atoms with Crippen molar-refractivity contribution in [3.05, 3.63) is 30.1 Å². The average molecular weight is 201 g/mol. The predicted octanol–water partition coefficient (Wildman–Crippen LogP) is 2.76. The highest BCUT2D eigenvalue weighted by molar-refractivity contribution is 6.55. The molecule has 77 valence electrons. The maximum atomic E-state index is 13.0. The van der Waals surface area contributed by atoms with Crippen LogP contribution in [0.5, 0.6) is 0 Å². The van der Waals surface area contributed by atoms with Gasteiger partial charge in [-0.1, -0.05) is 42.7 Å². The van der Waals surface area contributed by atoms with Gasteiger partial charge in [-0.3, -0.25) is 0 Å². The second kappa shape index (κ2) is 3.66. The Hall–Kier alpha value is -0.785. The Morgan fingerprint density at radius 1 is 1.20 bits per heavy atom. The van der Waals surface area contributed by atoms with Crippen LogP contribution in [0.25, 0.3) is 0 Å². The van der Waals surface area contributed by atoms with E-state index < -0.39 is 0 Å². The van der Waals surface area contributed by atoms with Crippen LogP contribution in [0.1, 0.15) is 25.7 Å². The van der Waals surface area contributed by atoms with Crippen LogP contribution < -0.4 is 5.46 Å². The summed E-state index contributed by atoms with van der Waals surface area (Å²) >= 11 is 0. The number of fused-ring (bicyclic) bond motifs is 2. The van der Waals surface area contributed by atoms with Crippen LogP contribution in [0, 0.1) is 17.7 Å². The first-order valence-corrected chi connectivity index (χ1v) is 5.92. The second-order valence-corrected chi connectivity index (χ2v) is 5.06. The lowest BCUT2D eigenvalue weighted by atomic mass is 9.54. The van der Waals surface area contributed by atoms with Gasteiger partial charge in [0, 0.05) is 0 Å². The van der Waals surface area contributed by atoms with Gasteiger partial charge in [0.2, 0.25) is 0 Å². The molecular formula is C13H15BF. The number of hydrogen-bond acceptors (Lipinski definition) is 0. The lowest BCUT2D eigenvalue weighted by molar-refractivity contribution is 0.478. The van der Waals surface area contributed by atoms with Gasteiger partial charge in [0.05, 0.1) is 0 Å². The molecule has 3 atom stereocenters. The number of rotatable bonds is 2. The van der Waals surface area contributed by atoms with Crippen molar-refractivity contribution in [2.75, 3.05) is 0 Å². The summed E-state index contributed by atoms with van der Waals surface area (Å²) < 4.78 is 13.0. The Bertz CT molecular complexity index is 363. The summed E-state index contributed by atoms with van der Waals surface area (Å²) in [5, 5.41) is 0. The van der Waals surface area contributed by atoms with Crippen molar-refractivity contribution in [3.8, 4) is 0 Å². The van der Waals surface area contributed by atoms with Crippen LogP contribution in [0.4, 0.5) is 4.39 Å². The van der Waals surface area contributed by atoms with Crippen molar-refractivity contribution >= 4 is 12.7 Å². The number of halogens is 1. The molecule has 1 aromatic rings. The fraction of sp³-hybridized carbons (Fsp3) is 0.538. The van der Waals surface area contributed by atoms with Crippen LogP contribution in [0.15, 0.2) is 24.3 Å². The van der Waals surface area contributed by atoms with Crippen molar-refractivity contribution < 1.29 is 4.39 Å². The zero-order valence-corrected chi connectivity index (χ0v) is 8.83. The molecule has 2 bridgehead atoms. The molecule has 0 amide bonds. The molecule has 0 saturated heterocycles. The van der Waals surface area contributed by atoms with Gasteiger partial charge in [-0.25, -0.2) is 4.39 Å². The second-order valence-electron chi connectivity index (χ2n) is 5.06. The Morgan fingerprint density at radius 2 is 2.13 bits per heavy atom. The summed E-state index contributed by atoms with van der Waals surface area (Å²) in [4.78, 5) is 0. The zero-order chi connectivity index (χ0) is 10.3. The first-order valence-electron chi connectivity index (χ1n) is 5.92. The third-order valence-electron chi connectivity index (χ3n) is 4.05. The maximum Gasteiger partial charge on any atom is 0.155 e. The Morgan fingerprint density at radius 3 is 2.80 bits per heavy atom. The van der Waals surface area contributed by atoms with E-state index in [1.807, 2.05) is 6.07 Å². The maximum absolute atomic E-state index is 13.0. The average Bonchev–Trinajstić information content (AvgIpc) is 2.79. The van der Waals surface area contributed by atoms with Gasteiger partial charge >= 0.3 is 0 Å². The van der Waals surface area contributed by atoms with Crippen LogP contribution in [-0.4, -0.2) is 7.28 Å². The molecule has 2 heteroatoms. The molecule has 3 rings (SSSR count). The Kier molecular flexibility index (Phi) is 2.30. The molecule has 1 aromatic carbocycles. The van der Waals surface area contributed by atoms with Gasteiger partial charge in [0.15, 0.2) is 7.28 Å². The van der Waals surface area contributed by atoms with Crippen molar-refractivity contribution in [2.45, 2.75) is 31.5 Å². The van der Waals surface area contributed by atoms with Gasteiger partial charge in [-0.15, -0.1) is 0 Å². The predicted molar refractivity (Wildman–Crippen MR) is 61.0 cm³/mol. The largest absolute Gasteiger partial charge is 0.207 e. The van der Waals surface area contributed by atoms with Crippen molar-refractivity contribution in [1.29, 1.82) is 0 Å². The van der Waals surface area contributed by atoms with Gasteiger partial charge in [-0.2, -0.15) is 0 Å². The third kappa shape index (κ3) is 1.82. The van der Waals surface area contributed by atoms with Crippen molar-refractivity contribution in [2.24, 2.45) is 11.8 Å². The van der Waals surface area contributed by atoms with E-state index in [1.54, 1.807) is 12.1 Å². The summed E-state index contributed by atoms with van der Waals surface area (Å²) in [6.07, 6.45) is 5.57. The first kappa shape index (κ1) is 9.44. The first-order chi connectivity index (χ1) is 7.31. The molecule has 0 spiro atoms. The smallest absolute Gasteiger partial charge is 0.155 e. The zero-order valence-electron chi connectivity index (χ0n) is 8.83. The van der Waals surface area contributed by atoms with Crippen LogP contribution >= 0.6 is 0 Å². The molecule has 0 N–H and O–H groups in total. The molecular weight excluding hydrogens is 186 g/mol. The van der Waals surface area contributed by atoms with Gasteiger partial charge in [0.25, 0.3) is 0 Å². The molecule has 0 aromatic heterocycles. The Labute approximate surface area is 91.1 Å². The molecule has 3 unspecified atom stereocenters. The molecule has 0 aliphatic heterocycles. The minimum atomic E-state index is -0.119. The quantitative estimate of drug-likeness (QED) is 0.645. The topological polar surface area (TPSA) is 0 Å². The molecule has 15 heavy (non-hydrogen) atoms. The van der Waals surface area contributed by atoms with E-state index in [0.29, 0.717) is 5.82 Å². The molecule has 0 heterocycles. The van der Waals surface area contributed by atoms with Gasteiger partial charge < -0.3 is 0 Å². The van der Waals surface area contributed by atoms with E-state index in [9.17, 15) is 4.39 Å². The highest BCUT2D eigenvalue weighted by Crippen LogP contribution is 2.51. The van der Waals surface area contributed by atoms with E-state index in [-0.39, 0.29) is 5.82 Å². The molecule has 0 nitrogen and oxygen atoms in total. The minimum absolute atomic E-state index is 0.119. The fourth-order valence-electron chi connectivity index (χ4n) is 3.36. The summed E-state index contributed by atoms with van der Waals surface area (Å²) in [6, 6.07) is 6.97. The summed E-state index contributed by atoms with van der Waals surface area (Å²) in [5.74, 6) is 2.44.